The van der Waals surface area contributed by atoms with E-state index >= 15 is 4.39 Å². The molecule has 0 radical (unpaired) electrons. The topological polar surface area (TPSA) is 67.1 Å². The first kappa shape index (κ1) is 22.5. The first-order valence-corrected chi connectivity index (χ1v) is 11.2. The molecule has 0 saturated carbocycles. The molecule has 6 nitrogen and oxygen atoms in total. The van der Waals surface area contributed by atoms with Gasteiger partial charge in [-0.25, -0.2) is 9.07 Å². The number of likely N-dealkylation sites (N-methyl/N-ethyl adjacent to an activating group) is 1. The van der Waals surface area contributed by atoms with Crippen LogP contribution in [0.2, 0.25) is 10.0 Å². The number of halogens is 3. The highest BCUT2D eigenvalue weighted by Crippen LogP contribution is 2.43. The van der Waals surface area contributed by atoms with Crippen molar-refractivity contribution in [3.8, 4) is 0 Å². The maximum absolute atomic E-state index is 17.2. The lowest BCUT2D eigenvalue weighted by Crippen LogP contribution is -2.34. The lowest BCUT2D eigenvalue weighted by molar-refractivity contribution is 0.222. The monoisotopic (exact) mass is 495 g/mol. The average Bonchev–Trinajstić information content (AvgIpc) is 3.27. The Hall–Kier alpha value is -3.26. The van der Waals surface area contributed by atoms with Gasteiger partial charge in [-0.1, -0.05) is 52.7 Å². The fourth-order valence-electron chi connectivity index (χ4n) is 4.24. The molecule has 2 aromatic carbocycles. The van der Waals surface area contributed by atoms with Crippen molar-refractivity contribution in [2.24, 2.45) is 7.05 Å². The van der Waals surface area contributed by atoms with Gasteiger partial charge in [-0.05, 0) is 47.5 Å². The third kappa shape index (κ3) is 3.66. The predicted molar refractivity (Wildman–Crippen MR) is 131 cm³/mol. The number of aliphatic hydroxyl groups is 1. The van der Waals surface area contributed by atoms with Crippen molar-refractivity contribution in [1.29, 1.82) is 0 Å². The van der Waals surface area contributed by atoms with Gasteiger partial charge in [-0.2, -0.15) is 0 Å². The van der Waals surface area contributed by atoms with Crippen molar-refractivity contribution >= 4 is 34.5 Å². The molecule has 9 heteroatoms. The van der Waals surface area contributed by atoms with E-state index in [-0.39, 0.29) is 11.4 Å². The number of alkyl halides is 1. The molecule has 4 aromatic rings. The van der Waals surface area contributed by atoms with Gasteiger partial charge in [-0.15, -0.1) is 5.10 Å². The molecule has 2 aromatic heterocycles. The molecule has 0 fully saturated rings. The number of anilines is 1. The Morgan fingerprint density at radius 3 is 2.44 bits per heavy atom. The summed E-state index contributed by atoms with van der Waals surface area (Å²) in [6, 6.07) is 15.5. The van der Waals surface area contributed by atoms with E-state index in [0.29, 0.717) is 26.9 Å². The van der Waals surface area contributed by atoms with E-state index in [4.69, 9.17) is 23.2 Å². The van der Waals surface area contributed by atoms with Gasteiger partial charge in [0, 0.05) is 35.3 Å². The first-order chi connectivity index (χ1) is 16.3. The number of rotatable bonds is 4. The van der Waals surface area contributed by atoms with E-state index in [0.717, 1.165) is 11.1 Å². The number of aliphatic hydroxyl groups excluding tert-OH is 1. The molecular weight excluding hydrogens is 476 g/mol. The van der Waals surface area contributed by atoms with Crippen LogP contribution in [0.3, 0.4) is 0 Å². The van der Waals surface area contributed by atoms with Gasteiger partial charge in [0.1, 0.15) is 11.9 Å². The summed E-state index contributed by atoms with van der Waals surface area (Å²) < 4.78 is 18.6. The zero-order valence-corrected chi connectivity index (χ0v) is 19.8. The molecule has 2 atom stereocenters. The van der Waals surface area contributed by atoms with Crippen LogP contribution < -0.4 is 4.90 Å². The second-order valence-electron chi connectivity index (χ2n) is 8.11. The highest BCUT2D eigenvalue weighted by molar-refractivity contribution is 6.31. The largest absolute Gasteiger partial charge is 0.370 e. The van der Waals surface area contributed by atoms with Crippen LogP contribution in [0.1, 0.15) is 28.1 Å². The number of benzene rings is 2. The maximum Gasteiger partial charge on any atom is 0.220 e. The van der Waals surface area contributed by atoms with Gasteiger partial charge in [-0.3, -0.25) is 4.98 Å². The van der Waals surface area contributed by atoms with E-state index in [1.807, 2.05) is 18.2 Å². The van der Waals surface area contributed by atoms with Crippen molar-refractivity contribution in [2.75, 3.05) is 11.9 Å². The lowest BCUT2D eigenvalue weighted by Gasteiger charge is -2.33. The van der Waals surface area contributed by atoms with Crippen LogP contribution in [0.4, 0.5) is 10.1 Å². The molecule has 3 heterocycles. The molecule has 1 aliphatic rings. The molecule has 2 unspecified atom stereocenters. The van der Waals surface area contributed by atoms with Gasteiger partial charge in [0.05, 0.1) is 23.8 Å². The van der Waals surface area contributed by atoms with Crippen LogP contribution in [0.5, 0.6) is 0 Å². The zero-order valence-electron chi connectivity index (χ0n) is 18.3. The second-order valence-corrected chi connectivity index (χ2v) is 8.98. The minimum Gasteiger partial charge on any atom is -0.370 e. The summed E-state index contributed by atoms with van der Waals surface area (Å²) in [5.41, 5.74) is 1.46. The van der Waals surface area contributed by atoms with Crippen LogP contribution in [0, 0.1) is 0 Å². The second kappa shape index (κ2) is 8.51. The number of hydrogen-bond donors (Lipinski definition) is 1. The predicted octanol–water partition coefficient (Wildman–Crippen LogP) is 4.98. The summed E-state index contributed by atoms with van der Waals surface area (Å²) in [4.78, 5) is 6.18. The minimum atomic E-state index is -2.16. The van der Waals surface area contributed by atoms with Gasteiger partial charge in [0.15, 0.2) is 0 Å². The normalized spacial score (nSPS) is 17.2. The Morgan fingerprint density at radius 1 is 1.00 bits per heavy atom. The summed E-state index contributed by atoms with van der Waals surface area (Å²) in [6.45, 7) is 0. The Kier molecular flexibility index (Phi) is 5.64. The summed E-state index contributed by atoms with van der Waals surface area (Å²) >= 11 is 12.3. The van der Waals surface area contributed by atoms with E-state index < -0.39 is 11.9 Å². The van der Waals surface area contributed by atoms with Gasteiger partial charge < -0.3 is 10.0 Å². The summed E-state index contributed by atoms with van der Waals surface area (Å²) in [5.74, 6) is 0. The van der Waals surface area contributed by atoms with Crippen molar-refractivity contribution < 1.29 is 9.50 Å². The molecule has 1 N–H and O–H groups in total. The smallest absolute Gasteiger partial charge is 0.220 e. The van der Waals surface area contributed by atoms with Crippen LogP contribution in [0.15, 0.2) is 73.1 Å². The first-order valence-electron chi connectivity index (χ1n) is 10.5. The third-order valence-electron chi connectivity index (χ3n) is 6.06. The number of fused-ring (bicyclic) bond motifs is 1. The summed E-state index contributed by atoms with van der Waals surface area (Å²) in [5, 5.41) is 19.5. The molecular formula is C25H20Cl2FN5O. The Balaban J connectivity index is 1.75. The zero-order chi connectivity index (χ0) is 24.0. The van der Waals surface area contributed by atoms with Crippen molar-refractivity contribution in [2.45, 2.75) is 11.9 Å². The lowest BCUT2D eigenvalue weighted by atomic mass is 9.85. The molecule has 0 aliphatic carbocycles. The number of aromatic nitrogens is 4. The standard InChI is InChI=1S/C25H20Cl2FN5O/c1-32-21-13-29-22(11-20(21)19(12-24(32)34)15-4-3-5-18(27)10-15)25(28,23-14-30-31-33(23)2)16-6-8-17(26)9-7-16/h3-14,24,34H,1-2H3. The Labute approximate surface area is 205 Å². The van der Waals surface area contributed by atoms with Crippen LogP contribution >= 0.6 is 23.2 Å². The highest BCUT2D eigenvalue weighted by atomic mass is 35.5. The quantitative estimate of drug-likeness (QED) is 0.432. The van der Waals surface area contributed by atoms with Gasteiger partial charge >= 0.3 is 0 Å². The van der Waals surface area contributed by atoms with Gasteiger partial charge in [0.25, 0.3) is 0 Å². The molecule has 0 bridgehead atoms. The van der Waals surface area contributed by atoms with E-state index in [1.54, 1.807) is 67.7 Å². The number of aryl methyl sites for hydroxylation is 1. The minimum absolute atomic E-state index is 0.150. The summed E-state index contributed by atoms with van der Waals surface area (Å²) in [6.07, 6.45) is 3.80. The fourth-order valence-corrected chi connectivity index (χ4v) is 4.56. The molecule has 5 rings (SSSR count). The number of pyridine rings is 1. The Bertz CT molecular complexity index is 1400. The number of hydrogen-bond acceptors (Lipinski definition) is 5. The molecule has 0 amide bonds. The van der Waals surface area contributed by atoms with Crippen LogP contribution in [-0.2, 0) is 12.7 Å². The molecule has 172 valence electrons. The van der Waals surface area contributed by atoms with E-state index in [2.05, 4.69) is 15.3 Å². The average molecular weight is 496 g/mol. The number of nitrogens with zero attached hydrogens (tertiary/aromatic N) is 5. The van der Waals surface area contributed by atoms with Crippen molar-refractivity contribution in [3.05, 3.63) is 111 Å². The SMILES string of the molecule is CN1c2cnc(C(F)(c3ccc(Cl)cc3)c3cnnn3C)cc2C(c2cccc(Cl)c2)=CC1O. The van der Waals surface area contributed by atoms with Crippen molar-refractivity contribution in [3.63, 3.8) is 0 Å². The molecule has 1 aliphatic heterocycles. The van der Waals surface area contributed by atoms with Crippen LogP contribution in [-0.4, -0.2) is 38.4 Å². The molecule has 0 saturated heterocycles. The molecule has 34 heavy (non-hydrogen) atoms. The fraction of sp³-hybridized carbons (Fsp3) is 0.160. The van der Waals surface area contributed by atoms with E-state index in [1.165, 1.54) is 10.9 Å². The summed E-state index contributed by atoms with van der Waals surface area (Å²) in [7, 11) is 3.38. The van der Waals surface area contributed by atoms with Gasteiger partial charge in [0.2, 0.25) is 5.67 Å². The maximum atomic E-state index is 17.2. The third-order valence-corrected chi connectivity index (χ3v) is 6.55. The molecule has 0 spiro atoms. The highest BCUT2D eigenvalue weighted by Gasteiger charge is 2.42. The van der Waals surface area contributed by atoms with Crippen molar-refractivity contribution in [1.82, 2.24) is 20.0 Å². The van der Waals surface area contributed by atoms with E-state index in [9.17, 15) is 5.11 Å². The van der Waals surface area contributed by atoms with Crippen LogP contribution in [0.25, 0.3) is 5.57 Å². The Morgan fingerprint density at radius 2 is 1.76 bits per heavy atom.